The second kappa shape index (κ2) is 8.96. The van der Waals surface area contributed by atoms with Gasteiger partial charge in [0.1, 0.15) is 18.7 Å². The topological polar surface area (TPSA) is 68.7 Å². The van der Waals surface area contributed by atoms with Crippen molar-refractivity contribution < 1.29 is 14.2 Å². The molecular formula is C22H26N4O3. The highest BCUT2D eigenvalue weighted by Gasteiger charge is 2.15. The molecule has 0 unspecified atom stereocenters. The van der Waals surface area contributed by atoms with Gasteiger partial charge >= 0.3 is 0 Å². The molecule has 0 bridgehead atoms. The van der Waals surface area contributed by atoms with E-state index in [1.807, 2.05) is 43.4 Å². The fourth-order valence-electron chi connectivity index (χ4n) is 3.49. The first-order chi connectivity index (χ1) is 14.3. The van der Waals surface area contributed by atoms with E-state index < -0.39 is 0 Å². The van der Waals surface area contributed by atoms with Gasteiger partial charge in [0.2, 0.25) is 5.88 Å². The van der Waals surface area contributed by atoms with Crippen molar-refractivity contribution in [2.75, 3.05) is 45.7 Å². The predicted octanol–water partition coefficient (Wildman–Crippen LogP) is 3.95. The van der Waals surface area contributed by atoms with Crippen LogP contribution in [0.1, 0.15) is 12.8 Å². The molecule has 0 saturated carbocycles. The minimum absolute atomic E-state index is 0.481. The number of aromatic nitrogens is 2. The summed E-state index contributed by atoms with van der Waals surface area (Å²) in [6.45, 7) is 3.85. The molecule has 2 aromatic carbocycles. The molecule has 29 heavy (non-hydrogen) atoms. The monoisotopic (exact) mass is 394 g/mol. The van der Waals surface area contributed by atoms with Gasteiger partial charge in [-0.15, -0.1) is 0 Å². The lowest BCUT2D eigenvalue weighted by Crippen LogP contribution is -2.25. The third kappa shape index (κ3) is 4.51. The summed E-state index contributed by atoms with van der Waals surface area (Å²) in [6.07, 6.45) is 4.05. The number of nitrogens with one attached hydrogen (secondary N) is 1. The Hall–Kier alpha value is -3.06. The van der Waals surface area contributed by atoms with E-state index in [4.69, 9.17) is 14.2 Å². The van der Waals surface area contributed by atoms with E-state index in [9.17, 15) is 0 Å². The summed E-state index contributed by atoms with van der Waals surface area (Å²) in [5.74, 6) is 2.51. The van der Waals surface area contributed by atoms with Crippen molar-refractivity contribution in [3.05, 3.63) is 42.7 Å². The Balaban J connectivity index is 1.55. The van der Waals surface area contributed by atoms with E-state index in [2.05, 4.69) is 20.2 Å². The zero-order chi connectivity index (χ0) is 20.1. The number of anilines is 1. The first-order valence-corrected chi connectivity index (χ1v) is 9.90. The van der Waals surface area contributed by atoms with Gasteiger partial charge in [-0.1, -0.05) is 0 Å². The number of benzene rings is 2. The largest absolute Gasteiger partial charge is 0.493 e. The highest BCUT2D eigenvalue weighted by atomic mass is 16.5. The van der Waals surface area contributed by atoms with Crippen LogP contribution in [0.5, 0.6) is 23.1 Å². The van der Waals surface area contributed by atoms with Gasteiger partial charge in [0.05, 0.1) is 18.0 Å². The lowest BCUT2D eigenvalue weighted by Gasteiger charge is -2.17. The molecule has 1 saturated heterocycles. The van der Waals surface area contributed by atoms with Crippen molar-refractivity contribution in [2.24, 2.45) is 0 Å². The summed E-state index contributed by atoms with van der Waals surface area (Å²) < 4.78 is 17.6. The average Bonchev–Trinajstić information content (AvgIpc) is 3.27. The molecule has 0 spiro atoms. The molecule has 152 valence electrons. The predicted molar refractivity (Wildman–Crippen MR) is 113 cm³/mol. The Morgan fingerprint density at radius 2 is 1.83 bits per heavy atom. The van der Waals surface area contributed by atoms with Crippen LogP contribution in [0.4, 0.5) is 5.69 Å². The molecule has 0 amide bonds. The molecule has 2 heterocycles. The number of ether oxygens (including phenoxy) is 3. The van der Waals surface area contributed by atoms with E-state index in [-0.39, 0.29) is 0 Å². The van der Waals surface area contributed by atoms with Crippen LogP contribution in [0.3, 0.4) is 0 Å². The highest BCUT2D eigenvalue weighted by molar-refractivity contribution is 5.87. The summed E-state index contributed by atoms with van der Waals surface area (Å²) >= 11 is 0. The molecular weight excluding hydrogens is 368 g/mol. The number of likely N-dealkylation sites (tertiary alicyclic amines) is 1. The van der Waals surface area contributed by atoms with Gasteiger partial charge in [0.25, 0.3) is 0 Å². The molecule has 1 aliphatic rings. The molecule has 0 atom stereocenters. The van der Waals surface area contributed by atoms with Crippen LogP contribution in [0.15, 0.2) is 42.7 Å². The first kappa shape index (κ1) is 19.3. The van der Waals surface area contributed by atoms with Crippen molar-refractivity contribution >= 4 is 16.6 Å². The van der Waals surface area contributed by atoms with Crippen LogP contribution in [-0.2, 0) is 0 Å². The Labute approximate surface area is 170 Å². The van der Waals surface area contributed by atoms with Crippen molar-refractivity contribution in [3.63, 3.8) is 0 Å². The fourth-order valence-corrected chi connectivity index (χ4v) is 3.49. The van der Waals surface area contributed by atoms with E-state index >= 15 is 0 Å². The fraction of sp³-hybridized carbons (Fsp3) is 0.364. The van der Waals surface area contributed by atoms with Gasteiger partial charge in [0.15, 0.2) is 11.5 Å². The second-order valence-corrected chi connectivity index (χ2v) is 6.97. The van der Waals surface area contributed by atoms with Crippen molar-refractivity contribution in [1.29, 1.82) is 0 Å². The van der Waals surface area contributed by atoms with E-state index in [0.29, 0.717) is 29.7 Å². The summed E-state index contributed by atoms with van der Waals surface area (Å²) in [5.41, 5.74) is 1.76. The van der Waals surface area contributed by atoms with Crippen molar-refractivity contribution in [1.82, 2.24) is 14.9 Å². The lowest BCUT2D eigenvalue weighted by molar-refractivity contribution is 0.230. The highest BCUT2D eigenvalue weighted by Crippen LogP contribution is 2.36. The van der Waals surface area contributed by atoms with E-state index in [0.717, 1.165) is 36.2 Å². The summed E-state index contributed by atoms with van der Waals surface area (Å²) in [7, 11) is 3.51. The average molecular weight is 394 g/mol. The number of hydrogen-bond donors (Lipinski definition) is 1. The smallest absolute Gasteiger partial charge is 0.230 e. The van der Waals surface area contributed by atoms with Crippen LogP contribution in [0.25, 0.3) is 10.9 Å². The molecule has 1 N–H and O–H groups in total. The molecule has 0 radical (unpaired) electrons. The number of fused-ring (bicyclic) bond motifs is 1. The maximum absolute atomic E-state index is 6.01. The quantitative estimate of drug-likeness (QED) is 0.620. The van der Waals surface area contributed by atoms with Crippen molar-refractivity contribution in [3.8, 4) is 23.1 Å². The molecule has 7 heteroatoms. The minimum atomic E-state index is 0.481. The summed E-state index contributed by atoms with van der Waals surface area (Å²) in [4.78, 5) is 11.1. The van der Waals surface area contributed by atoms with Crippen LogP contribution < -0.4 is 19.5 Å². The van der Waals surface area contributed by atoms with Gasteiger partial charge in [0, 0.05) is 25.3 Å². The lowest BCUT2D eigenvalue weighted by atomic mass is 10.2. The zero-order valence-electron chi connectivity index (χ0n) is 16.9. The second-order valence-electron chi connectivity index (χ2n) is 6.97. The van der Waals surface area contributed by atoms with Crippen LogP contribution in [0.2, 0.25) is 0 Å². The Morgan fingerprint density at radius 1 is 1.03 bits per heavy atom. The number of nitrogens with zero attached hydrogens (tertiary/aromatic N) is 3. The summed E-state index contributed by atoms with van der Waals surface area (Å²) in [5, 5.41) is 3.86. The zero-order valence-corrected chi connectivity index (χ0v) is 16.9. The van der Waals surface area contributed by atoms with Crippen LogP contribution in [-0.4, -0.2) is 55.3 Å². The molecule has 0 aliphatic carbocycles. The molecule has 1 aromatic heterocycles. The van der Waals surface area contributed by atoms with Gasteiger partial charge in [-0.3, -0.25) is 4.90 Å². The van der Waals surface area contributed by atoms with Gasteiger partial charge in [-0.05, 0) is 56.3 Å². The van der Waals surface area contributed by atoms with Crippen molar-refractivity contribution in [2.45, 2.75) is 12.8 Å². The Bertz CT molecular complexity index is 956. The Kier molecular flexibility index (Phi) is 5.95. The molecule has 1 aliphatic heterocycles. The van der Waals surface area contributed by atoms with Gasteiger partial charge in [-0.25, -0.2) is 9.97 Å². The minimum Gasteiger partial charge on any atom is -0.493 e. The standard InChI is InChI=1S/C22H26N4O3/c1-23-16-5-7-17(8-6-16)29-22-18-13-20(27-2)21(14-19(18)24-15-25-22)28-12-11-26-9-3-4-10-26/h5-8,13-15,23H,3-4,9-12H2,1-2H3. The van der Waals surface area contributed by atoms with E-state index in [1.165, 1.54) is 19.2 Å². The maximum Gasteiger partial charge on any atom is 0.230 e. The van der Waals surface area contributed by atoms with Gasteiger partial charge in [-0.2, -0.15) is 0 Å². The normalized spacial score (nSPS) is 14.1. The number of rotatable bonds is 8. The summed E-state index contributed by atoms with van der Waals surface area (Å²) in [6, 6.07) is 11.4. The maximum atomic E-state index is 6.01. The molecule has 3 aromatic rings. The molecule has 1 fully saturated rings. The third-order valence-electron chi connectivity index (χ3n) is 5.11. The SMILES string of the molecule is CNc1ccc(Oc2ncnc3cc(OCCN4CCCC4)c(OC)cc23)cc1. The Morgan fingerprint density at radius 3 is 2.55 bits per heavy atom. The van der Waals surface area contributed by atoms with Gasteiger partial charge < -0.3 is 19.5 Å². The first-order valence-electron chi connectivity index (χ1n) is 9.90. The van der Waals surface area contributed by atoms with Crippen LogP contribution >= 0.6 is 0 Å². The van der Waals surface area contributed by atoms with E-state index in [1.54, 1.807) is 7.11 Å². The number of hydrogen-bond acceptors (Lipinski definition) is 7. The molecule has 4 rings (SSSR count). The number of methoxy groups -OCH3 is 1. The van der Waals surface area contributed by atoms with Crippen LogP contribution in [0, 0.1) is 0 Å². The third-order valence-corrected chi connectivity index (χ3v) is 5.11. The molecule has 7 nitrogen and oxygen atoms in total.